The van der Waals surface area contributed by atoms with Crippen LogP contribution in [0, 0.1) is 0 Å². The van der Waals surface area contributed by atoms with Gasteiger partial charge in [0.15, 0.2) is 5.75 Å². The van der Waals surface area contributed by atoms with Crippen molar-refractivity contribution in [1.29, 1.82) is 0 Å². The summed E-state index contributed by atoms with van der Waals surface area (Å²) in [7, 11) is 0. The second-order valence-electron chi connectivity index (χ2n) is 7.45. The number of amides is 1. The molecule has 0 saturated carbocycles. The number of hydrogen-bond donors (Lipinski definition) is 1. The molecule has 2 aromatic rings. The van der Waals surface area contributed by atoms with E-state index in [9.17, 15) is 4.79 Å². The molecule has 1 fully saturated rings. The van der Waals surface area contributed by atoms with E-state index in [0.29, 0.717) is 30.2 Å². The Hall–Kier alpha value is -1.18. The van der Waals surface area contributed by atoms with Gasteiger partial charge in [0.25, 0.3) is 0 Å². The highest BCUT2D eigenvalue weighted by molar-refractivity contribution is 9.10. The quantitative estimate of drug-likeness (QED) is 0.487. The first-order chi connectivity index (χ1) is 14.1. The Balaban J connectivity index is 0.00000171. The van der Waals surface area contributed by atoms with Crippen LogP contribution in [-0.4, -0.2) is 50.1 Å². The van der Waals surface area contributed by atoms with E-state index in [2.05, 4.69) is 61.4 Å². The summed E-state index contributed by atoms with van der Waals surface area (Å²) >= 11 is 9.98. The zero-order chi connectivity index (χ0) is 20.2. The summed E-state index contributed by atoms with van der Waals surface area (Å²) in [4.78, 5) is 16.6. The SMILES string of the molecule is Cl.Cl.O=C1CCc2cc(Cl)c(OCCCN3CCN(c4ccccc4)CC3)c(Br)c2N1. The maximum atomic E-state index is 11.7. The number of anilines is 2. The fourth-order valence-corrected chi connectivity index (χ4v) is 4.97. The molecule has 0 bridgehead atoms. The molecule has 2 aromatic carbocycles. The number of carbonyl (C=O) groups excluding carboxylic acids is 1. The summed E-state index contributed by atoms with van der Waals surface area (Å²) in [6, 6.07) is 12.5. The van der Waals surface area contributed by atoms with Gasteiger partial charge >= 0.3 is 0 Å². The Morgan fingerprint density at radius 2 is 1.77 bits per heavy atom. The highest BCUT2D eigenvalue weighted by atomic mass is 79.9. The van der Waals surface area contributed by atoms with E-state index in [4.69, 9.17) is 16.3 Å². The normalized spacial score (nSPS) is 15.9. The van der Waals surface area contributed by atoms with Crippen LogP contribution < -0.4 is 15.0 Å². The van der Waals surface area contributed by atoms with Crippen LogP contribution in [-0.2, 0) is 11.2 Å². The van der Waals surface area contributed by atoms with Crippen molar-refractivity contribution >= 4 is 69.6 Å². The van der Waals surface area contributed by atoms with Crippen molar-refractivity contribution in [3.63, 3.8) is 0 Å². The minimum atomic E-state index is 0. The van der Waals surface area contributed by atoms with Crippen LogP contribution in [0.2, 0.25) is 5.02 Å². The average molecular weight is 552 g/mol. The molecule has 1 saturated heterocycles. The largest absolute Gasteiger partial charge is 0.491 e. The van der Waals surface area contributed by atoms with Crippen LogP contribution in [0.3, 0.4) is 0 Å². The number of piperazine rings is 1. The van der Waals surface area contributed by atoms with Crippen molar-refractivity contribution in [2.75, 3.05) is 49.5 Å². The Morgan fingerprint density at radius 3 is 2.48 bits per heavy atom. The molecular formula is C22H27BrCl3N3O2. The predicted octanol–water partition coefficient (Wildman–Crippen LogP) is 5.42. The van der Waals surface area contributed by atoms with Gasteiger partial charge in [-0.05, 0) is 52.5 Å². The van der Waals surface area contributed by atoms with Crippen LogP contribution in [0.5, 0.6) is 5.75 Å². The van der Waals surface area contributed by atoms with Gasteiger partial charge in [-0.1, -0.05) is 29.8 Å². The van der Waals surface area contributed by atoms with Crippen molar-refractivity contribution in [2.45, 2.75) is 19.3 Å². The highest BCUT2D eigenvalue weighted by Crippen LogP contribution is 2.43. The lowest BCUT2D eigenvalue weighted by Gasteiger charge is -2.36. The first-order valence-electron chi connectivity index (χ1n) is 10.1. The van der Waals surface area contributed by atoms with E-state index in [1.807, 2.05) is 6.07 Å². The van der Waals surface area contributed by atoms with Crippen molar-refractivity contribution in [1.82, 2.24) is 4.90 Å². The number of nitrogens with one attached hydrogen (secondary N) is 1. The number of fused-ring (bicyclic) bond motifs is 1. The molecule has 0 aromatic heterocycles. The third-order valence-corrected chi connectivity index (χ3v) is 6.54. The average Bonchev–Trinajstić information content (AvgIpc) is 2.75. The summed E-state index contributed by atoms with van der Waals surface area (Å²) in [5, 5.41) is 3.50. The van der Waals surface area contributed by atoms with Gasteiger partial charge in [0, 0.05) is 44.8 Å². The lowest BCUT2D eigenvalue weighted by atomic mass is 10.0. The van der Waals surface area contributed by atoms with Crippen molar-refractivity contribution < 1.29 is 9.53 Å². The number of rotatable bonds is 6. The molecule has 0 atom stereocenters. The molecule has 31 heavy (non-hydrogen) atoms. The summed E-state index contributed by atoms with van der Waals surface area (Å²) in [5.74, 6) is 0.641. The molecular weight excluding hydrogens is 525 g/mol. The molecule has 2 heterocycles. The second kappa shape index (κ2) is 12.2. The first-order valence-corrected chi connectivity index (χ1v) is 11.2. The molecule has 9 heteroatoms. The summed E-state index contributed by atoms with van der Waals surface area (Å²) < 4.78 is 6.72. The number of aryl methyl sites for hydroxylation is 1. The minimum Gasteiger partial charge on any atom is -0.491 e. The number of ether oxygens (including phenoxy) is 1. The number of carbonyl (C=O) groups is 1. The fraction of sp³-hybridized carbons (Fsp3) is 0.409. The smallest absolute Gasteiger partial charge is 0.224 e. The van der Waals surface area contributed by atoms with Gasteiger partial charge in [-0.25, -0.2) is 0 Å². The zero-order valence-corrected chi connectivity index (χ0v) is 21.1. The Kier molecular flexibility index (Phi) is 10.2. The Bertz CT molecular complexity index is 878. The highest BCUT2D eigenvalue weighted by Gasteiger charge is 2.22. The van der Waals surface area contributed by atoms with Crippen molar-refractivity contribution in [2.24, 2.45) is 0 Å². The summed E-state index contributed by atoms with van der Waals surface area (Å²) in [5.41, 5.74) is 3.14. The van der Waals surface area contributed by atoms with Crippen LogP contribution in [0.4, 0.5) is 11.4 Å². The second-order valence-corrected chi connectivity index (χ2v) is 8.65. The Morgan fingerprint density at radius 1 is 1.06 bits per heavy atom. The van der Waals surface area contributed by atoms with E-state index in [1.165, 1.54) is 5.69 Å². The summed E-state index contributed by atoms with van der Waals surface area (Å²) in [6.45, 7) is 5.80. The van der Waals surface area contributed by atoms with Gasteiger partial charge in [-0.2, -0.15) is 0 Å². The van der Waals surface area contributed by atoms with E-state index >= 15 is 0 Å². The van der Waals surface area contributed by atoms with Crippen LogP contribution >= 0.6 is 52.3 Å². The predicted molar refractivity (Wildman–Crippen MR) is 136 cm³/mol. The lowest BCUT2D eigenvalue weighted by Crippen LogP contribution is -2.46. The molecule has 4 rings (SSSR count). The van der Waals surface area contributed by atoms with Crippen LogP contribution in [0.1, 0.15) is 18.4 Å². The molecule has 2 aliphatic rings. The van der Waals surface area contributed by atoms with E-state index in [1.54, 1.807) is 0 Å². The maximum Gasteiger partial charge on any atom is 0.224 e. The summed E-state index contributed by atoms with van der Waals surface area (Å²) in [6.07, 6.45) is 2.12. The third kappa shape index (κ3) is 6.42. The fourth-order valence-electron chi connectivity index (χ4n) is 3.90. The maximum absolute atomic E-state index is 11.7. The number of nitrogens with zero attached hydrogens (tertiary/aromatic N) is 2. The van der Waals surface area contributed by atoms with Gasteiger partial charge in [0.2, 0.25) is 5.91 Å². The molecule has 1 amide bonds. The van der Waals surface area contributed by atoms with Gasteiger partial charge in [0.05, 0.1) is 21.8 Å². The lowest BCUT2D eigenvalue weighted by molar-refractivity contribution is -0.116. The topological polar surface area (TPSA) is 44.8 Å². The minimum absolute atomic E-state index is 0. The molecule has 2 aliphatic heterocycles. The van der Waals surface area contributed by atoms with Gasteiger partial charge in [-0.15, -0.1) is 24.8 Å². The molecule has 1 N–H and O–H groups in total. The number of benzene rings is 2. The van der Waals surface area contributed by atoms with E-state index < -0.39 is 0 Å². The van der Waals surface area contributed by atoms with Crippen molar-refractivity contribution in [3.05, 3.63) is 51.5 Å². The number of halogens is 4. The van der Waals surface area contributed by atoms with Gasteiger partial charge < -0.3 is 15.0 Å². The van der Waals surface area contributed by atoms with E-state index in [-0.39, 0.29) is 30.7 Å². The molecule has 0 unspecified atom stereocenters. The molecule has 0 spiro atoms. The first kappa shape index (κ1) is 26.1. The van der Waals surface area contributed by atoms with Gasteiger partial charge in [-0.3, -0.25) is 9.69 Å². The van der Waals surface area contributed by atoms with E-state index in [0.717, 1.165) is 54.9 Å². The number of hydrogen-bond acceptors (Lipinski definition) is 4. The third-order valence-electron chi connectivity index (χ3n) is 5.50. The van der Waals surface area contributed by atoms with Crippen LogP contribution in [0.15, 0.2) is 40.9 Å². The van der Waals surface area contributed by atoms with Crippen molar-refractivity contribution in [3.8, 4) is 5.75 Å². The molecule has 0 radical (unpaired) electrons. The Labute approximate surface area is 209 Å². The standard InChI is InChI=1S/C22H25BrClN3O2.2ClH/c23-20-21-16(7-8-19(28)25-21)15-18(24)22(20)29-14-4-9-26-10-12-27(13-11-26)17-5-2-1-3-6-17;;/h1-3,5-6,15H,4,7-14H2,(H,25,28);2*1H. The van der Waals surface area contributed by atoms with Crippen LogP contribution in [0.25, 0.3) is 0 Å². The molecule has 5 nitrogen and oxygen atoms in total. The zero-order valence-electron chi connectivity index (χ0n) is 17.1. The number of para-hydroxylation sites is 1. The van der Waals surface area contributed by atoms with Gasteiger partial charge in [0.1, 0.15) is 0 Å². The monoisotopic (exact) mass is 549 g/mol. The molecule has 170 valence electrons. The molecule has 0 aliphatic carbocycles.